The molecule has 0 fully saturated rings. The molecule has 3 aromatic rings. The summed E-state index contributed by atoms with van der Waals surface area (Å²) >= 11 is 11.9. The molecule has 3 nitrogen and oxygen atoms in total. The SMILES string of the molecule is Fc1ccc(OCCn2c(CC(F)(F)F)nc3cc(Cl)c(Cl)cc32)cc1. The Morgan fingerprint density at radius 2 is 1.69 bits per heavy atom. The zero-order valence-corrected chi connectivity index (χ0v) is 14.7. The molecule has 0 N–H and O–H groups in total. The summed E-state index contributed by atoms with van der Waals surface area (Å²) in [4.78, 5) is 4.03. The van der Waals surface area contributed by atoms with E-state index in [0.717, 1.165) is 0 Å². The van der Waals surface area contributed by atoms with E-state index in [1.165, 1.54) is 41.0 Å². The number of fused-ring (bicyclic) bond motifs is 1. The van der Waals surface area contributed by atoms with Crippen LogP contribution in [0.3, 0.4) is 0 Å². The quantitative estimate of drug-likeness (QED) is 0.510. The molecule has 138 valence electrons. The van der Waals surface area contributed by atoms with Crippen molar-refractivity contribution in [2.24, 2.45) is 0 Å². The van der Waals surface area contributed by atoms with Gasteiger partial charge in [0.1, 0.15) is 30.4 Å². The number of alkyl halides is 3. The molecule has 0 unspecified atom stereocenters. The van der Waals surface area contributed by atoms with Crippen LogP contribution in [-0.4, -0.2) is 22.3 Å². The Balaban J connectivity index is 1.87. The molecule has 1 aromatic heterocycles. The van der Waals surface area contributed by atoms with E-state index in [-0.39, 0.29) is 29.0 Å². The van der Waals surface area contributed by atoms with Gasteiger partial charge in [0.15, 0.2) is 0 Å². The van der Waals surface area contributed by atoms with Gasteiger partial charge < -0.3 is 9.30 Å². The van der Waals surface area contributed by atoms with Gasteiger partial charge in [-0.05, 0) is 36.4 Å². The highest BCUT2D eigenvalue weighted by Crippen LogP contribution is 2.30. The van der Waals surface area contributed by atoms with E-state index < -0.39 is 18.4 Å². The fourth-order valence-corrected chi connectivity index (χ4v) is 2.84. The van der Waals surface area contributed by atoms with E-state index in [0.29, 0.717) is 16.8 Å². The summed E-state index contributed by atoms with van der Waals surface area (Å²) in [5, 5.41) is 0.434. The van der Waals surface area contributed by atoms with E-state index in [1.54, 1.807) is 0 Å². The first-order chi connectivity index (χ1) is 12.2. The lowest BCUT2D eigenvalue weighted by Gasteiger charge is -2.12. The monoisotopic (exact) mass is 406 g/mol. The Morgan fingerprint density at radius 1 is 1.04 bits per heavy atom. The van der Waals surface area contributed by atoms with E-state index in [2.05, 4.69) is 4.98 Å². The van der Waals surface area contributed by atoms with Crippen molar-refractivity contribution in [3.8, 4) is 5.75 Å². The first-order valence-electron chi connectivity index (χ1n) is 7.52. The molecule has 0 saturated heterocycles. The summed E-state index contributed by atoms with van der Waals surface area (Å²) in [6, 6.07) is 8.25. The van der Waals surface area contributed by atoms with E-state index in [4.69, 9.17) is 27.9 Å². The van der Waals surface area contributed by atoms with E-state index in [9.17, 15) is 17.6 Å². The van der Waals surface area contributed by atoms with Gasteiger partial charge in [0, 0.05) is 0 Å². The van der Waals surface area contributed by atoms with Crippen LogP contribution < -0.4 is 4.74 Å². The minimum atomic E-state index is -4.41. The minimum Gasteiger partial charge on any atom is -0.492 e. The molecule has 1 heterocycles. The minimum absolute atomic E-state index is 0.0716. The normalized spacial score (nSPS) is 11.9. The Bertz CT molecular complexity index is 923. The zero-order chi connectivity index (χ0) is 18.9. The second kappa shape index (κ2) is 7.32. The van der Waals surface area contributed by atoms with Crippen LogP contribution in [0.25, 0.3) is 11.0 Å². The van der Waals surface area contributed by atoms with Crippen molar-refractivity contribution < 1.29 is 22.3 Å². The largest absolute Gasteiger partial charge is 0.492 e. The molecular weight excluding hydrogens is 395 g/mol. The molecule has 0 aliphatic rings. The second-order valence-corrected chi connectivity index (χ2v) is 6.34. The van der Waals surface area contributed by atoms with Crippen molar-refractivity contribution in [1.29, 1.82) is 0 Å². The van der Waals surface area contributed by atoms with Crippen molar-refractivity contribution in [2.45, 2.75) is 19.1 Å². The average Bonchev–Trinajstić information content (AvgIpc) is 2.85. The Kier molecular flexibility index (Phi) is 5.29. The number of nitrogens with zero attached hydrogens (tertiary/aromatic N) is 2. The van der Waals surface area contributed by atoms with Crippen molar-refractivity contribution in [3.05, 3.63) is 58.1 Å². The number of rotatable bonds is 5. The maximum Gasteiger partial charge on any atom is 0.396 e. The molecule has 9 heteroatoms. The average molecular weight is 407 g/mol. The predicted octanol–water partition coefficient (Wildman–Crippen LogP) is 5.67. The van der Waals surface area contributed by atoms with Crippen LogP contribution in [0.15, 0.2) is 36.4 Å². The molecule has 2 aromatic carbocycles. The molecule has 0 saturated carbocycles. The van der Waals surface area contributed by atoms with Crippen LogP contribution in [0.5, 0.6) is 5.75 Å². The van der Waals surface area contributed by atoms with Gasteiger partial charge in [0.05, 0.1) is 27.6 Å². The predicted molar refractivity (Wildman–Crippen MR) is 91.4 cm³/mol. The highest BCUT2D eigenvalue weighted by molar-refractivity contribution is 6.42. The van der Waals surface area contributed by atoms with Crippen LogP contribution in [0.1, 0.15) is 5.82 Å². The highest BCUT2D eigenvalue weighted by atomic mass is 35.5. The van der Waals surface area contributed by atoms with Crippen LogP contribution in [0.2, 0.25) is 10.0 Å². The lowest BCUT2D eigenvalue weighted by atomic mass is 10.3. The van der Waals surface area contributed by atoms with Crippen LogP contribution in [-0.2, 0) is 13.0 Å². The first kappa shape index (κ1) is 18.8. The lowest BCUT2D eigenvalue weighted by molar-refractivity contribution is -0.128. The Hall–Kier alpha value is -1.99. The van der Waals surface area contributed by atoms with Crippen LogP contribution in [0.4, 0.5) is 17.6 Å². The van der Waals surface area contributed by atoms with Crippen LogP contribution >= 0.6 is 23.2 Å². The second-order valence-electron chi connectivity index (χ2n) is 5.53. The number of benzene rings is 2. The summed E-state index contributed by atoms with van der Waals surface area (Å²) < 4.78 is 58.3. The smallest absolute Gasteiger partial charge is 0.396 e. The molecule has 0 aliphatic heterocycles. The van der Waals surface area contributed by atoms with Gasteiger partial charge in [0.2, 0.25) is 0 Å². The van der Waals surface area contributed by atoms with Crippen molar-refractivity contribution in [1.82, 2.24) is 9.55 Å². The fourth-order valence-electron chi connectivity index (χ4n) is 2.52. The first-order valence-corrected chi connectivity index (χ1v) is 8.28. The number of hydrogen-bond acceptors (Lipinski definition) is 2. The number of ether oxygens (including phenoxy) is 1. The van der Waals surface area contributed by atoms with Crippen molar-refractivity contribution in [3.63, 3.8) is 0 Å². The summed E-state index contributed by atoms with van der Waals surface area (Å²) in [6.07, 6.45) is -5.60. The van der Waals surface area contributed by atoms with Crippen molar-refractivity contribution in [2.75, 3.05) is 6.61 Å². The lowest BCUT2D eigenvalue weighted by Crippen LogP contribution is -2.18. The molecule has 0 amide bonds. The molecule has 0 aliphatic carbocycles. The van der Waals surface area contributed by atoms with Gasteiger partial charge in [0.25, 0.3) is 0 Å². The third-order valence-corrected chi connectivity index (χ3v) is 4.35. The number of halogens is 6. The van der Waals surface area contributed by atoms with E-state index in [1.807, 2.05) is 0 Å². The van der Waals surface area contributed by atoms with Crippen molar-refractivity contribution >= 4 is 34.2 Å². The third-order valence-electron chi connectivity index (χ3n) is 3.63. The van der Waals surface area contributed by atoms with Gasteiger partial charge in [-0.25, -0.2) is 9.37 Å². The summed E-state index contributed by atoms with van der Waals surface area (Å²) in [6.45, 7) is 0.180. The third kappa shape index (κ3) is 4.40. The summed E-state index contributed by atoms with van der Waals surface area (Å²) in [5.74, 6) is -0.153. The molecule has 0 atom stereocenters. The number of aromatic nitrogens is 2. The van der Waals surface area contributed by atoms with Crippen LogP contribution in [0, 0.1) is 5.82 Å². The molecule has 0 spiro atoms. The molecule has 0 bridgehead atoms. The summed E-state index contributed by atoms with van der Waals surface area (Å²) in [5.41, 5.74) is 0.752. The molecule has 3 rings (SSSR count). The van der Waals surface area contributed by atoms with Gasteiger partial charge in [-0.2, -0.15) is 13.2 Å². The summed E-state index contributed by atoms with van der Waals surface area (Å²) in [7, 11) is 0. The van der Waals surface area contributed by atoms with E-state index >= 15 is 0 Å². The number of hydrogen-bond donors (Lipinski definition) is 0. The molecular formula is C17H12Cl2F4N2O. The molecule has 0 radical (unpaired) electrons. The Morgan fingerprint density at radius 3 is 2.35 bits per heavy atom. The maximum atomic E-state index is 12.9. The van der Waals surface area contributed by atoms with Gasteiger partial charge in [-0.3, -0.25) is 0 Å². The van der Waals surface area contributed by atoms with Gasteiger partial charge >= 0.3 is 6.18 Å². The fraction of sp³-hybridized carbons (Fsp3) is 0.235. The highest BCUT2D eigenvalue weighted by Gasteiger charge is 2.31. The Labute approximate surface area is 156 Å². The van der Waals surface area contributed by atoms with Gasteiger partial charge in [-0.1, -0.05) is 23.2 Å². The zero-order valence-electron chi connectivity index (χ0n) is 13.2. The van der Waals surface area contributed by atoms with Gasteiger partial charge in [-0.15, -0.1) is 0 Å². The topological polar surface area (TPSA) is 27.1 Å². The maximum absolute atomic E-state index is 12.9. The number of imidazole rings is 1. The molecule has 26 heavy (non-hydrogen) atoms. The standard InChI is InChI=1S/C17H12Cl2F4N2O/c18-12-7-14-15(8-13(12)19)25(16(24-14)9-17(21,22)23)5-6-26-11-3-1-10(20)2-4-11/h1-4,7-8H,5-6,9H2.